The number of rotatable bonds is 1. The van der Waals surface area contributed by atoms with Crippen molar-refractivity contribution in [1.82, 2.24) is 4.98 Å². The quantitative estimate of drug-likeness (QED) is 0.773. The van der Waals surface area contributed by atoms with Gasteiger partial charge in [-0.25, -0.2) is 0 Å². The molecule has 0 amide bonds. The third-order valence-corrected chi connectivity index (χ3v) is 3.99. The van der Waals surface area contributed by atoms with Gasteiger partial charge < -0.3 is 5.73 Å². The van der Waals surface area contributed by atoms with Crippen molar-refractivity contribution >= 4 is 5.69 Å². The minimum absolute atomic E-state index is 0.415. The van der Waals surface area contributed by atoms with E-state index < -0.39 is 0 Å². The second-order valence-electron chi connectivity index (χ2n) is 5.05. The Balaban J connectivity index is 2.11. The van der Waals surface area contributed by atoms with Crippen LogP contribution in [0.3, 0.4) is 0 Å². The highest BCUT2D eigenvalue weighted by Crippen LogP contribution is 2.37. The molecule has 1 aromatic heterocycles. The van der Waals surface area contributed by atoms with Gasteiger partial charge in [-0.1, -0.05) is 18.2 Å². The molecule has 0 aliphatic heterocycles. The van der Waals surface area contributed by atoms with Gasteiger partial charge in [0.2, 0.25) is 0 Å². The summed E-state index contributed by atoms with van der Waals surface area (Å²) in [5, 5.41) is 0. The second kappa shape index (κ2) is 4.45. The van der Waals surface area contributed by atoms with Crippen molar-refractivity contribution in [3.8, 4) is 0 Å². The van der Waals surface area contributed by atoms with Crippen molar-refractivity contribution in [3.63, 3.8) is 0 Å². The molecule has 0 spiro atoms. The zero-order valence-corrected chi connectivity index (χ0v) is 10.7. The highest BCUT2D eigenvalue weighted by molar-refractivity contribution is 5.53. The maximum absolute atomic E-state index is 6.03. The van der Waals surface area contributed by atoms with Gasteiger partial charge in [-0.2, -0.15) is 0 Å². The number of hydrogen-bond acceptors (Lipinski definition) is 2. The Labute approximate surface area is 108 Å². The molecule has 2 aromatic rings. The van der Waals surface area contributed by atoms with Gasteiger partial charge in [0.15, 0.2) is 0 Å². The van der Waals surface area contributed by atoms with Crippen LogP contribution in [0.4, 0.5) is 5.69 Å². The Bertz CT molecular complexity index is 575. The van der Waals surface area contributed by atoms with Crippen LogP contribution in [0.1, 0.15) is 41.1 Å². The molecule has 92 valence electrons. The van der Waals surface area contributed by atoms with Gasteiger partial charge in [-0.05, 0) is 55.0 Å². The summed E-state index contributed by atoms with van der Waals surface area (Å²) in [5.41, 5.74) is 12.1. The van der Waals surface area contributed by atoms with E-state index in [0.29, 0.717) is 5.92 Å². The van der Waals surface area contributed by atoms with Crippen molar-refractivity contribution < 1.29 is 0 Å². The van der Waals surface area contributed by atoms with E-state index in [1.54, 1.807) is 0 Å². The summed E-state index contributed by atoms with van der Waals surface area (Å²) in [6, 6.07) is 10.5. The molecule has 1 aliphatic carbocycles. The van der Waals surface area contributed by atoms with Gasteiger partial charge in [0, 0.05) is 17.8 Å². The van der Waals surface area contributed by atoms with Crippen LogP contribution in [0, 0.1) is 6.92 Å². The van der Waals surface area contributed by atoms with Crippen molar-refractivity contribution in [2.24, 2.45) is 0 Å². The fourth-order valence-corrected chi connectivity index (χ4v) is 2.96. The van der Waals surface area contributed by atoms with Crippen LogP contribution in [-0.4, -0.2) is 4.98 Å². The molecule has 0 radical (unpaired) electrons. The number of aromatic nitrogens is 1. The third kappa shape index (κ3) is 1.78. The number of fused-ring (bicyclic) bond motifs is 1. The number of nitrogens with two attached hydrogens (primary N) is 1. The summed E-state index contributed by atoms with van der Waals surface area (Å²) in [6.07, 6.45) is 5.46. The predicted octanol–water partition coefficient (Wildman–Crippen LogP) is 3.44. The molecule has 0 fully saturated rings. The van der Waals surface area contributed by atoms with Gasteiger partial charge in [-0.3, -0.25) is 4.98 Å². The molecule has 1 atom stereocenters. The van der Waals surface area contributed by atoms with Crippen molar-refractivity contribution in [2.75, 3.05) is 5.73 Å². The number of aryl methyl sites for hydroxylation is 1. The van der Waals surface area contributed by atoms with Crippen molar-refractivity contribution in [2.45, 2.75) is 32.1 Å². The van der Waals surface area contributed by atoms with Gasteiger partial charge in [0.1, 0.15) is 0 Å². The summed E-state index contributed by atoms with van der Waals surface area (Å²) in [7, 11) is 0. The number of nitrogen functional groups attached to an aromatic ring is 1. The molecule has 2 nitrogen and oxygen atoms in total. The molecular weight excluding hydrogens is 220 g/mol. The van der Waals surface area contributed by atoms with Crippen LogP contribution < -0.4 is 5.73 Å². The molecule has 0 saturated carbocycles. The molecule has 1 aliphatic rings. The van der Waals surface area contributed by atoms with E-state index in [9.17, 15) is 0 Å². The lowest BCUT2D eigenvalue weighted by molar-refractivity contribution is 0.597. The van der Waals surface area contributed by atoms with E-state index in [-0.39, 0.29) is 0 Å². The van der Waals surface area contributed by atoms with Crippen LogP contribution in [0.15, 0.2) is 36.5 Å². The van der Waals surface area contributed by atoms with E-state index in [1.807, 2.05) is 18.3 Å². The molecule has 1 aromatic carbocycles. The lowest BCUT2D eigenvalue weighted by Gasteiger charge is -2.26. The summed E-state index contributed by atoms with van der Waals surface area (Å²) in [4.78, 5) is 4.61. The summed E-state index contributed by atoms with van der Waals surface area (Å²) in [5.74, 6) is 0.415. The Morgan fingerprint density at radius 3 is 3.00 bits per heavy atom. The number of anilines is 1. The van der Waals surface area contributed by atoms with Crippen LogP contribution in [-0.2, 0) is 6.42 Å². The molecule has 1 heterocycles. The number of nitrogens with zero attached hydrogens (tertiary/aromatic N) is 1. The average Bonchev–Trinajstić information content (AvgIpc) is 2.41. The van der Waals surface area contributed by atoms with Crippen LogP contribution in [0.2, 0.25) is 0 Å². The molecule has 2 heteroatoms. The summed E-state index contributed by atoms with van der Waals surface area (Å²) < 4.78 is 0. The molecule has 18 heavy (non-hydrogen) atoms. The normalized spacial score (nSPS) is 18.4. The van der Waals surface area contributed by atoms with Gasteiger partial charge >= 0.3 is 0 Å². The maximum Gasteiger partial charge on any atom is 0.0510 e. The first-order valence-corrected chi connectivity index (χ1v) is 6.56. The second-order valence-corrected chi connectivity index (χ2v) is 5.05. The predicted molar refractivity (Wildman–Crippen MR) is 74.6 cm³/mol. The first-order chi connectivity index (χ1) is 8.77. The minimum atomic E-state index is 0.415. The largest absolute Gasteiger partial charge is 0.399 e. The summed E-state index contributed by atoms with van der Waals surface area (Å²) >= 11 is 0. The highest BCUT2D eigenvalue weighted by Gasteiger charge is 2.24. The van der Waals surface area contributed by atoms with Gasteiger partial charge in [0.25, 0.3) is 0 Å². The van der Waals surface area contributed by atoms with Gasteiger partial charge in [0.05, 0.1) is 5.69 Å². The van der Waals surface area contributed by atoms with Crippen LogP contribution in [0.25, 0.3) is 0 Å². The fourth-order valence-electron chi connectivity index (χ4n) is 2.96. The van der Waals surface area contributed by atoms with Gasteiger partial charge in [-0.15, -0.1) is 0 Å². The number of pyridine rings is 1. The molecule has 0 saturated heterocycles. The third-order valence-electron chi connectivity index (χ3n) is 3.99. The van der Waals surface area contributed by atoms with Crippen molar-refractivity contribution in [1.29, 1.82) is 0 Å². The average molecular weight is 238 g/mol. The summed E-state index contributed by atoms with van der Waals surface area (Å²) in [6.45, 7) is 2.11. The Morgan fingerprint density at radius 1 is 1.22 bits per heavy atom. The SMILES string of the molecule is Cc1c(N)cccc1C1CCCc2cccnc21. The molecule has 3 rings (SSSR count). The zero-order valence-electron chi connectivity index (χ0n) is 10.7. The van der Waals surface area contributed by atoms with E-state index in [4.69, 9.17) is 5.73 Å². The Kier molecular flexibility index (Phi) is 2.78. The lowest BCUT2D eigenvalue weighted by atomic mass is 9.80. The number of hydrogen-bond donors (Lipinski definition) is 1. The number of benzene rings is 1. The van der Waals surface area contributed by atoms with E-state index >= 15 is 0 Å². The van der Waals surface area contributed by atoms with E-state index in [2.05, 4.69) is 30.1 Å². The van der Waals surface area contributed by atoms with E-state index in [0.717, 1.165) is 12.1 Å². The molecule has 0 bridgehead atoms. The Morgan fingerprint density at radius 2 is 2.11 bits per heavy atom. The highest BCUT2D eigenvalue weighted by atomic mass is 14.7. The molecular formula is C16H18N2. The van der Waals surface area contributed by atoms with E-state index in [1.165, 1.54) is 35.2 Å². The monoisotopic (exact) mass is 238 g/mol. The topological polar surface area (TPSA) is 38.9 Å². The van der Waals surface area contributed by atoms with Crippen LogP contribution in [0.5, 0.6) is 0 Å². The molecule has 1 unspecified atom stereocenters. The fraction of sp³-hybridized carbons (Fsp3) is 0.312. The Hall–Kier alpha value is -1.83. The first kappa shape index (κ1) is 11.3. The minimum Gasteiger partial charge on any atom is -0.399 e. The standard InChI is InChI=1S/C16H18N2/c1-11-13(7-3-9-15(11)17)14-8-2-5-12-6-4-10-18-16(12)14/h3-4,6-7,9-10,14H,2,5,8,17H2,1H3. The zero-order chi connectivity index (χ0) is 12.5. The molecule has 2 N–H and O–H groups in total. The lowest BCUT2D eigenvalue weighted by Crippen LogP contribution is -2.14. The van der Waals surface area contributed by atoms with Crippen LogP contribution >= 0.6 is 0 Å². The maximum atomic E-state index is 6.03. The van der Waals surface area contributed by atoms with Crippen molar-refractivity contribution in [3.05, 3.63) is 58.9 Å². The smallest absolute Gasteiger partial charge is 0.0510 e. The first-order valence-electron chi connectivity index (χ1n) is 6.56.